The van der Waals surface area contributed by atoms with E-state index in [2.05, 4.69) is 32.6 Å². The summed E-state index contributed by atoms with van der Waals surface area (Å²) in [6.45, 7) is 1.48. The van der Waals surface area contributed by atoms with Crippen molar-refractivity contribution in [1.82, 2.24) is 14.5 Å². The Hall–Kier alpha value is -1.45. The van der Waals surface area contributed by atoms with E-state index in [1.165, 1.54) is 0 Å². The quantitative estimate of drug-likeness (QED) is 0.463. The molecule has 6 nitrogen and oxygen atoms in total. The molecule has 7 heteroatoms. The first kappa shape index (κ1) is 14.5. The van der Waals surface area contributed by atoms with Gasteiger partial charge in [0.15, 0.2) is 5.82 Å². The lowest BCUT2D eigenvalue weighted by Crippen LogP contribution is -2.18. The summed E-state index contributed by atoms with van der Waals surface area (Å²) in [6.07, 6.45) is -0.596. The molecule has 110 valence electrons. The van der Waals surface area contributed by atoms with Crippen LogP contribution in [0.4, 0.5) is 5.82 Å². The predicted octanol–water partition coefficient (Wildman–Crippen LogP) is 1.97. The highest BCUT2D eigenvalue weighted by atomic mass is 127. The molecule has 0 aliphatic heterocycles. The summed E-state index contributed by atoms with van der Waals surface area (Å²) >= 11 is 2.14. The fraction of sp³-hybridized carbons (Fsp3) is 0.286. The van der Waals surface area contributed by atoms with E-state index in [0.717, 1.165) is 16.4 Å². The highest BCUT2D eigenvalue weighted by Crippen LogP contribution is 2.34. The van der Waals surface area contributed by atoms with Crippen molar-refractivity contribution in [3.05, 3.63) is 30.1 Å². The Morgan fingerprint density at radius 3 is 2.71 bits per heavy atom. The number of imidazole rings is 1. The molecule has 3 rings (SSSR count). The minimum atomic E-state index is -0.596. The van der Waals surface area contributed by atoms with Gasteiger partial charge in [0.2, 0.25) is 0 Å². The zero-order chi connectivity index (χ0) is 15.1. The number of hydrogen-bond donors (Lipinski definition) is 3. The second-order valence-corrected chi connectivity index (χ2v) is 6.16. The number of aliphatic hydroxyl groups is 2. The fourth-order valence-corrected chi connectivity index (χ4v) is 3.06. The topological polar surface area (TPSA) is 97.2 Å². The van der Waals surface area contributed by atoms with Gasteiger partial charge in [-0.05, 0) is 13.0 Å². The Kier molecular flexibility index (Phi) is 3.72. The number of nitrogen functional groups attached to an aromatic ring is 1. The minimum Gasteiger partial charge on any atom is -0.390 e. The number of para-hydroxylation sites is 1. The molecule has 0 aliphatic carbocycles. The van der Waals surface area contributed by atoms with Crippen LogP contribution >= 0.6 is 22.6 Å². The molecule has 0 amide bonds. The van der Waals surface area contributed by atoms with Gasteiger partial charge >= 0.3 is 0 Å². The summed E-state index contributed by atoms with van der Waals surface area (Å²) < 4.78 is 1.57. The van der Waals surface area contributed by atoms with E-state index in [9.17, 15) is 10.2 Å². The Balaban J connectivity index is 2.49. The second kappa shape index (κ2) is 5.39. The molecule has 0 unspecified atom stereocenters. The van der Waals surface area contributed by atoms with Crippen LogP contribution in [0.1, 0.15) is 16.8 Å². The van der Waals surface area contributed by atoms with Gasteiger partial charge in [0.05, 0.1) is 17.1 Å². The molecule has 2 aromatic heterocycles. The zero-order valence-electron chi connectivity index (χ0n) is 11.4. The van der Waals surface area contributed by atoms with Gasteiger partial charge in [0, 0.05) is 5.39 Å². The van der Waals surface area contributed by atoms with E-state index in [-0.39, 0.29) is 10.7 Å². The summed E-state index contributed by atoms with van der Waals surface area (Å²) in [7, 11) is 0. The molecule has 0 saturated carbocycles. The molecule has 21 heavy (non-hydrogen) atoms. The van der Waals surface area contributed by atoms with Crippen LogP contribution in [0.3, 0.4) is 0 Å². The molecule has 2 heterocycles. The molecule has 0 saturated heterocycles. The molecule has 0 spiro atoms. The third-order valence-corrected chi connectivity index (χ3v) is 5.01. The Morgan fingerprint density at radius 2 is 2.05 bits per heavy atom. The number of aromatic nitrogens is 3. The second-order valence-electron chi connectivity index (χ2n) is 4.88. The van der Waals surface area contributed by atoms with Crippen LogP contribution in [0.15, 0.2) is 24.3 Å². The maximum Gasteiger partial charge on any atom is 0.152 e. The summed E-state index contributed by atoms with van der Waals surface area (Å²) in [6, 6.07) is 7.63. The smallest absolute Gasteiger partial charge is 0.152 e. The van der Waals surface area contributed by atoms with E-state index in [4.69, 9.17) is 5.73 Å². The largest absolute Gasteiger partial charge is 0.390 e. The summed E-state index contributed by atoms with van der Waals surface area (Å²) in [5.41, 5.74) is 8.12. The van der Waals surface area contributed by atoms with Crippen molar-refractivity contribution >= 4 is 50.3 Å². The average molecular weight is 398 g/mol. The van der Waals surface area contributed by atoms with Crippen LogP contribution in [0.2, 0.25) is 0 Å². The van der Waals surface area contributed by atoms with Gasteiger partial charge in [-0.2, -0.15) is 0 Å². The first-order chi connectivity index (χ1) is 10.0. The minimum absolute atomic E-state index is 0.228. The summed E-state index contributed by atoms with van der Waals surface area (Å²) in [5, 5.41) is 20.4. The molecular formula is C14H15IN4O2. The number of fused-ring (bicyclic) bond motifs is 3. The number of pyridine rings is 1. The third kappa shape index (κ3) is 2.25. The maximum atomic E-state index is 9.93. The van der Waals surface area contributed by atoms with Crippen molar-refractivity contribution in [2.75, 3.05) is 5.73 Å². The number of halogens is 1. The van der Waals surface area contributed by atoms with Crippen LogP contribution in [-0.2, 0) is 6.61 Å². The molecule has 4 N–H and O–H groups in total. The summed E-state index contributed by atoms with van der Waals surface area (Å²) in [4.78, 5) is 8.75. The standard InChI is InChI=1S/C14H15IN4O2/c1-7(21)13(15)19-10(6-20)18-11-12(19)8-4-2-3-5-9(8)17-14(11)16/h2-5,7,13,20-21H,6H2,1H3,(H2,16,17)/t7-,13+/m1/s1. The Bertz CT molecular complexity index is 815. The molecule has 0 aliphatic rings. The SMILES string of the molecule is C[C@@H](O)[C@@H](I)n1c(CO)nc2c(N)nc3ccccc3c21. The zero-order valence-corrected chi connectivity index (χ0v) is 13.5. The number of benzene rings is 1. The number of alkyl halides is 1. The van der Waals surface area contributed by atoms with Crippen molar-refractivity contribution in [3.63, 3.8) is 0 Å². The molecular weight excluding hydrogens is 383 g/mol. The molecule has 2 atom stereocenters. The van der Waals surface area contributed by atoms with Gasteiger partial charge in [-0.15, -0.1) is 0 Å². The molecule has 0 fully saturated rings. The van der Waals surface area contributed by atoms with Crippen LogP contribution < -0.4 is 5.73 Å². The number of anilines is 1. The highest BCUT2D eigenvalue weighted by Gasteiger charge is 2.23. The maximum absolute atomic E-state index is 9.93. The molecule has 0 bridgehead atoms. The molecule has 1 aromatic carbocycles. The van der Waals surface area contributed by atoms with Crippen molar-refractivity contribution < 1.29 is 10.2 Å². The first-order valence-corrected chi connectivity index (χ1v) is 7.77. The van der Waals surface area contributed by atoms with Gasteiger partial charge < -0.3 is 20.5 Å². The van der Waals surface area contributed by atoms with Crippen LogP contribution in [0, 0.1) is 0 Å². The fourth-order valence-electron chi connectivity index (χ4n) is 2.46. The van der Waals surface area contributed by atoms with Gasteiger partial charge in [-0.3, -0.25) is 0 Å². The van der Waals surface area contributed by atoms with Gasteiger partial charge in [0.25, 0.3) is 0 Å². The Morgan fingerprint density at radius 1 is 1.33 bits per heavy atom. The monoisotopic (exact) mass is 398 g/mol. The number of nitrogens with two attached hydrogens (primary N) is 1. The molecule has 0 radical (unpaired) electrons. The van der Waals surface area contributed by atoms with E-state index < -0.39 is 6.10 Å². The van der Waals surface area contributed by atoms with Crippen molar-refractivity contribution in [1.29, 1.82) is 0 Å². The van der Waals surface area contributed by atoms with Crippen LogP contribution in [0.5, 0.6) is 0 Å². The summed E-state index contributed by atoms with van der Waals surface area (Å²) in [5.74, 6) is 0.793. The number of rotatable bonds is 3. The predicted molar refractivity (Wildman–Crippen MR) is 90.1 cm³/mol. The average Bonchev–Trinajstić information content (AvgIpc) is 2.86. The van der Waals surface area contributed by atoms with E-state index in [0.29, 0.717) is 17.2 Å². The Labute approximate surface area is 134 Å². The van der Waals surface area contributed by atoms with Crippen LogP contribution in [0.25, 0.3) is 21.9 Å². The first-order valence-electron chi connectivity index (χ1n) is 6.52. The normalized spacial score (nSPS) is 14.7. The third-order valence-electron chi connectivity index (χ3n) is 3.41. The lowest BCUT2D eigenvalue weighted by Gasteiger charge is -2.18. The van der Waals surface area contributed by atoms with E-state index >= 15 is 0 Å². The highest BCUT2D eigenvalue weighted by molar-refractivity contribution is 14.1. The van der Waals surface area contributed by atoms with Crippen molar-refractivity contribution in [3.8, 4) is 0 Å². The van der Waals surface area contributed by atoms with Crippen LogP contribution in [-0.4, -0.2) is 30.9 Å². The van der Waals surface area contributed by atoms with Gasteiger partial charge in [-0.25, -0.2) is 9.97 Å². The number of nitrogens with zero attached hydrogens (tertiary/aromatic N) is 3. The van der Waals surface area contributed by atoms with Crippen molar-refractivity contribution in [2.24, 2.45) is 0 Å². The van der Waals surface area contributed by atoms with Crippen molar-refractivity contribution in [2.45, 2.75) is 23.7 Å². The van der Waals surface area contributed by atoms with E-state index in [1.54, 1.807) is 6.92 Å². The molecule has 3 aromatic rings. The van der Waals surface area contributed by atoms with E-state index in [1.807, 2.05) is 28.8 Å². The van der Waals surface area contributed by atoms with Gasteiger partial charge in [0.1, 0.15) is 22.0 Å². The number of aliphatic hydroxyl groups excluding tert-OH is 2. The number of hydrogen-bond acceptors (Lipinski definition) is 5. The van der Waals surface area contributed by atoms with Gasteiger partial charge in [-0.1, -0.05) is 40.8 Å². The lowest BCUT2D eigenvalue weighted by molar-refractivity contribution is 0.171. The lowest BCUT2D eigenvalue weighted by atomic mass is 10.2.